The van der Waals surface area contributed by atoms with E-state index in [0.717, 1.165) is 25.8 Å². The van der Waals surface area contributed by atoms with Gasteiger partial charge < -0.3 is 15.4 Å². The van der Waals surface area contributed by atoms with Crippen molar-refractivity contribution in [2.24, 2.45) is 0 Å². The maximum Gasteiger partial charge on any atom is 0.115 e. The summed E-state index contributed by atoms with van der Waals surface area (Å²) in [5.41, 5.74) is 5.29. The average Bonchev–Trinajstić information content (AvgIpc) is 2.93. The molecule has 1 aliphatic heterocycles. The van der Waals surface area contributed by atoms with Gasteiger partial charge in [0.2, 0.25) is 0 Å². The van der Waals surface area contributed by atoms with Crippen LogP contribution in [0.3, 0.4) is 0 Å². The standard InChI is InChI=1S/C20H20N2O/c23-15-5-3-4-13(10-15)20-8-9-21-14(12-20)11-18-19(20)16-6-1-2-7-17(16)22-18/h1-7,10,14,21-23H,8-9,11-12H2/t14-,20-/m1/s1. The highest BCUT2D eigenvalue weighted by Gasteiger charge is 2.46. The smallest absolute Gasteiger partial charge is 0.115 e. The highest BCUT2D eigenvalue weighted by atomic mass is 16.3. The number of hydrogen-bond acceptors (Lipinski definition) is 2. The average molecular weight is 304 g/mol. The van der Waals surface area contributed by atoms with Gasteiger partial charge in [0.15, 0.2) is 0 Å². The minimum absolute atomic E-state index is 0.00183. The van der Waals surface area contributed by atoms with Crippen molar-refractivity contribution in [2.45, 2.75) is 30.7 Å². The summed E-state index contributed by atoms with van der Waals surface area (Å²) in [6.45, 7) is 1.03. The Bertz CT molecular complexity index is 898. The van der Waals surface area contributed by atoms with Crippen molar-refractivity contribution in [1.82, 2.24) is 10.3 Å². The Balaban J connectivity index is 1.84. The van der Waals surface area contributed by atoms with Crippen LogP contribution >= 0.6 is 0 Å². The number of hydrogen-bond donors (Lipinski definition) is 3. The number of phenolic OH excluding ortho intramolecular Hbond substituents is 1. The topological polar surface area (TPSA) is 48.0 Å². The summed E-state index contributed by atoms with van der Waals surface area (Å²) in [4.78, 5) is 3.65. The summed E-state index contributed by atoms with van der Waals surface area (Å²) in [6.07, 6.45) is 3.23. The minimum atomic E-state index is 0.00183. The molecule has 2 heterocycles. The fourth-order valence-corrected chi connectivity index (χ4v) is 4.81. The first-order valence-corrected chi connectivity index (χ1v) is 8.39. The molecule has 1 saturated heterocycles. The van der Waals surface area contributed by atoms with Crippen LogP contribution in [-0.2, 0) is 11.8 Å². The van der Waals surface area contributed by atoms with E-state index in [1.165, 1.54) is 27.7 Å². The molecule has 3 nitrogen and oxygen atoms in total. The highest BCUT2D eigenvalue weighted by molar-refractivity contribution is 5.87. The van der Waals surface area contributed by atoms with Gasteiger partial charge in [-0.3, -0.25) is 0 Å². The summed E-state index contributed by atoms with van der Waals surface area (Å²) in [6, 6.07) is 17.0. The van der Waals surface area contributed by atoms with Crippen molar-refractivity contribution < 1.29 is 5.11 Å². The molecule has 2 bridgehead atoms. The van der Waals surface area contributed by atoms with E-state index in [1.807, 2.05) is 12.1 Å². The summed E-state index contributed by atoms with van der Waals surface area (Å²) in [5.74, 6) is 0.360. The first kappa shape index (κ1) is 13.2. The Kier molecular flexibility index (Phi) is 2.65. The predicted octanol–water partition coefficient (Wildman–Crippen LogP) is 3.47. The van der Waals surface area contributed by atoms with Gasteiger partial charge in [0.25, 0.3) is 0 Å². The second kappa shape index (κ2) is 4.62. The first-order chi connectivity index (χ1) is 11.3. The van der Waals surface area contributed by atoms with E-state index in [0.29, 0.717) is 11.8 Å². The number of nitrogens with one attached hydrogen (secondary N) is 2. The van der Waals surface area contributed by atoms with Crippen LogP contribution < -0.4 is 5.32 Å². The zero-order valence-corrected chi connectivity index (χ0v) is 13.0. The Morgan fingerprint density at radius 2 is 2.00 bits per heavy atom. The lowest BCUT2D eigenvalue weighted by molar-refractivity contribution is 0.269. The van der Waals surface area contributed by atoms with E-state index >= 15 is 0 Å². The summed E-state index contributed by atoms with van der Waals surface area (Å²) < 4.78 is 0. The van der Waals surface area contributed by atoms with Crippen LogP contribution in [-0.4, -0.2) is 22.7 Å². The van der Waals surface area contributed by atoms with Crippen molar-refractivity contribution in [2.75, 3.05) is 6.54 Å². The monoisotopic (exact) mass is 304 g/mol. The van der Waals surface area contributed by atoms with Crippen molar-refractivity contribution in [1.29, 1.82) is 0 Å². The van der Waals surface area contributed by atoms with Gasteiger partial charge in [0.05, 0.1) is 0 Å². The molecule has 3 aromatic rings. The molecular weight excluding hydrogens is 284 g/mol. The molecule has 0 radical (unpaired) electrons. The predicted molar refractivity (Wildman–Crippen MR) is 91.9 cm³/mol. The molecule has 0 unspecified atom stereocenters. The van der Waals surface area contributed by atoms with Gasteiger partial charge in [-0.2, -0.15) is 0 Å². The quantitative estimate of drug-likeness (QED) is 0.645. The number of H-pyrrole nitrogens is 1. The van der Waals surface area contributed by atoms with Crippen molar-refractivity contribution in [3.8, 4) is 5.75 Å². The van der Waals surface area contributed by atoms with Gasteiger partial charge in [0.1, 0.15) is 5.75 Å². The van der Waals surface area contributed by atoms with E-state index in [1.54, 1.807) is 6.07 Å². The largest absolute Gasteiger partial charge is 0.508 e. The molecule has 5 rings (SSSR count). The van der Waals surface area contributed by atoms with Gasteiger partial charge in [-0.15, -0.1) is 0 Å². The molecule has 2 atom stereocenters. The van der Waals surface area contributed by atoms with Crippen LogP contribution in [0.4, 0.5) is 0 Å². The van der Waals surface area contributed by atoms with E-state index in [2.05, 4.69) is 40.6 Å². The Hall–Kier alpha value is -2.26. The molecule has 0 saturated carbocycles. The molecule has 0 spiro atoms. The number of aromatic nitrogens is 1. The molecule has 1 aromatic heterocycles. The number of rotatable bonds is 1. The lowest BCUT2D eigenvalue weighted by Crippen LogP contribution is -2.51. The number of piperidine rings is 1. The van der Waals surface area contributed by atoms with Crippen LogP contribution in [0.2, 0.25) is 0 Å². The molecule has 116 valence electrons. The molecule has 2 aliphatic rings. The molecule has 1 aliphatic carbocycles. The minimum Gasteiger partial charge on any atom is -0.508 e. The summed E-state index contributed by atoms with van der Waals surface area (Å²) in [7, 11) is 0. The van der Waals surface area contributed by atoms with E-state index < -0.39 is 0 Å². The molecular formula is C20H20N2O. The molecule has 3 N–H and O–H groups in total. The lowest BCUT2D eigenvalue weighted by Gasteiger charge is -2.46. The van der Waals surface area contributed by atoms with Gasteiger partial charge in [-0.05, 0) is 48.7 Å². The SMILES string of the molecule is Oc1cccc([C@]23CCN[C@H](Cc4[nH]c5ccccc5c42)C3)c1. The normalized spacial score (nSPS) is 26.2. The van der Waals surface area contributed by atoms with Crippen LogP contribution in [0.15, 0.2) is 48.5 Å². The Labute approximate surface area is 135 Å². The van der Waals surface area contributed by atoms with Crippen molar-refractivity contribution in [3.05, 3.63) is 65.4 Å². The summed E-state index contributed by atoms with van der Waals surface area (Å²) in [5, 5.41) is 15.0. The fourth-order valence-electron chi connectivity index (χ4n) is 4.81. The molecule has 0 amide bonds. The third-order valence-electron chi connectivity index (χ3n) is 5.69. The van der Waals surface area contributed by atoms with Gasteiger partial charge >= 0.3 is 0 Å². The first-order valence-electron chi connectivity index (χ1n) is 8.39. The van der Waals surface area contributed by atoms with E-state index in [4.69, 9.17) is 0 Å². The number of phenols is 1. The zero-order valence-electron chi connectivity index (χ0n) is 13.0. The van der Waals surface area contributed by atoms with E-state index in [-0.39, 0.29) is 5.41 Å². The molecule has 2 aromatic carbocycles. The van der Waals surface area contributed by atoms with Crippen LogP contribution in [0.25, 0.3) is 10.9 Å². The van der Waals surface area contributed by atoms with Crippen molar-refractivity contribution in [3.63, 3.8) is 0 Å². The molecule has 3 heteroatoms. The molecule has 23 heavy (non-hydrogen) atoms. The fraction of sp³-hybridized carbons (Fsp3) is 0.300. The highest BCUT2D eigenvalue weighted by Crippen LogP contribution is 2.50. The second-order valence-corrected chi connectivity index (χ2v) is 6.97. The number of aromatic amines is 1. The Morgan fingerprint density at radius 1 is 1.09 bits per heavy atom. The number of fused-ring (bicyclic) bond motifs is 6. The third kappa shape index (κ3) is 1.80. The van der Waals surface area contributed by atoms with Crippen LogP contribution in [0, 0.1) is 0 Å². The van der Waals surface area contributed by atoms with Crippen molar-refractivity contribution >= 4 is 10.9 Å². The maximum absolute atomic E-state index is 10.0. The Morgan fingerprint density at radius 3 is 2.91 bits per heavy atom. The van der Waals surface area contributed by atoms with Crippen LogP contribution in [0.1, 0.15) is 29.7 Å². The van der Waals surface area contributed by atoms with Gasteiger partial charge in [0, 0.05) is 34.5 Å². The van der Waals surface area contributed by atoms with Crippen LogP contribution in [0.5, 0.6) is 5.75 Å². The van der Waals surface area contributed by atoms with Gasteiger partial charge in [-0.1, -0.05) is 30.3 Å². The lowest BCUT2D eigenvalue weighted by atomic mass is 9.62. The second-order valence-electron chi connectivity index (χ2n) is 6.97. The summed E-state index contributed by atoms with van der Waals surface area (Å²) >= 11 is 0. The van der Waals surface area contributed by atoms with E-state index in [9.17, 15) is 5.11 Å². The van der Waals surface area contributed by atoms with Gasteiger partial charge in [-0.25, -0.2) is 0 Å². The third-order valence-corrected chi connectivity index (χ3v) is 5.69. The maximum atomic E-state index is 10.0. The number of para-hydroxylation sites is 1. The zero-order chi connectivity index (χ0) is 15.4. The molecule has 1 fully saturated rings. The number of aromatic hydroxyl groups is 1. The number of benzene rings is 2.